The number of morpholine rings is 1. The van der Waals surface area contributed by atoms with Gasteiger partial charge in [-0.3, -0.25) is 0 Å². The van der Waals surface area contributed by atoms with Crippen molar-refractivity contribution in [2.45, 2.75) is 0 Å². The molecule has 0 radical (unpaired) electrons. The zero-order valence-corrected chi connectivity index (χ0v) is 7.16. The number of hydrogen-bond acceptors (Lipinski definition) is 5. The van der Waals surface area contributed by atoms with E-state index in [1.807, 2.05) is 5.01 Å². The highest BCUT2D eigenvalue weighted by atomic mass is 16.5. The second-order valence-corrected chi connectivity index (χ2v) is 2.51. The number of nitriles is 2. The molecule has 0 saturated carbocycles. The van der Waals surface area contributed by atoms with E-state index in [2.05, 4.69) is 5.43 Å². The van der Waals surface area contributed by atoms with Crippen LogP contribution in [0, 0.1) is 22.7 Å². The molecule has 68 valence electrons. The topological polar surface area (TPSA) is 72.1 Å². The van der Waals surface area contributed by atoms with Crippen LogP contribution in [0.4, 0.5) is 0 Å². The molecule has 1 N–H and O–H groups in total. The van der Waals surface area contributed by atoms with Crippen LogP contribution in [-0.2, 0) is 4.74 Å². The van der Waals surface area contributed by atoms with Crippen molar-refractivity contribution in [1.29, 1.82) is 10.5 Å². The smallest absolute Gasteiger partial charge is 0.146 e. The van der Waals surface area contributed by atoms with Gasteiger partial charge in [0.25, 0.3) is 0 Å². The van der Waals surface area contributed by atoms with Gasteiger partial charge in [-0.25, -0.2) is 5.01 Å². The summed E-state index contributed by atoms with van der Waals surface area (Å²) >= 11 is 0. The molecule has 0 aromatic carbocycles. The molecular formula is C8H10N4O. The Morgan fingerprint density at radius 2 is 1.92 bits per heavy atom. The van der Waals surface area contributed by atoms with E-state index in [0.29, 0.717) is 13.2 Å². The number of hydrogen-bond donors (Lipinski definition) is 1. The van der Waals surface area contributed by atoms with Crippen LogP contribution in [0.5, 0.6) is 0 Å². The molecule has 1 rings (SSSR count). The fourth-order valence-electron chi connectivity index (χ4n) is 0.938. The third kappa shape index (κ3) is 3.12. The summed E-state index contributed by atoms with van der Waals surface area (Å²) in [5, 5.41) is 18.8. The summed E-state index contributed by atoms with van der Waals surface area (Å²) in [6.07, 6.45) is 1.41. The van der Waals surface area contributed by atoms with Crippen LogP contribution in [0.25, 0.3) is 0 Å². The van der Waals surface area contributed by atoms with E-state index in [-0.39, 0.29) is 5.57 Å². The Bertz CT molecular complexity index is 251. The van der Waals surface area contributed by atoms with Gasteiger partial charge in [-0.1, -0.05) is 0 Å². The standard InChI is InChI=1S/C8H10N4O/c9-5-8(6-10)7-11-12-1-3-13-4-2-12/h7,11H,1-4H2. The van der Waals surface area contributed by atoms with E-state index < -0.39 is 0 Å². The van der Waals surface area contributed by atoms with Crippen molar-refractivity contribution in [3.05, 3.63) is 11.8 Å². The van der Waals surface area contributed by atoms with E-state index in [1.54, 1.807) is 12.1 Å². The Hall–Kier alpha value is -1.56. The lowest BCUT2D eigenvalue weighted by Gasteiger charge is -2.26. The zero-order chi connectivity index (χ0) is 9.52. The van der Waals surface area contributed by atoms with Crippen LogP contribution >= 0.6 is 0 Å². The van der Waals surface area contributed by atoms with E-state index in [0.717, 1.165) is 13.1 Å². The zero-order valence-electron chi connectivity index (χ0n) is 7.16. The highest BCUT2D eigenvalue weighted by Crippen LogP contribution is 1.93. The minimum absolute atomic E-state index is 0.0755. The molecule has 0 amide bonds. The summed E-state index contributed by atoms with van der Waals surface area (Å²) in [5.41, 5.74) is 2.95. The molecule has 0 unspecified atom stereocenters. The number of rotatable bonds is 2. The monoisotopic (exact) mass is 178 g/mol. The lowest BCUT2D eigenvalue weighted by Crippen LogP contribution is -2.43. The van der Waals surface area contributed by atoms with Crippen molar-refractivity contribution in [3.63, 3.8) is 0 Å². The molecule has 1 aliphatic heterocycles. The van der Waals surface area contributed by atoms with Crippen LogP contribution in [0.3, 0.4) is 0 Å². The first kappa shape index (κ1) is 9.53. The minimum atomic E-state index is 0.0755. The lowest BCUT2D eigenvalue weighted by atomic mass is 10.4. The fourth-order valence-corrected chi connectivity index (χ4v) is 0.938. The number of allylic oxidation sites excluding steroid dienone is 1. The first-order chi connectivity index (χ1) is 6.36. The molecule has 0 aromatic rings. The van der Waals surface area contributed by atoms with Crippen LogP contribution in [-0.4, -0.2) is 31.3 Å². The normalized spacial score (nSPS) is 16.8. The van der Waals surface area contributed by atoms with Crippen molar-refractivity contribution < 1.29 is 4.74 Å². The van der Waals surface area contributed by atoms with E-state index in [4.69, 9.17) is 15.3 Å². The predicted molar refractivity (Wildman–Crippen MR) is 44.8 cm³/mol. The SMILES string of the molecule is N#CC(C#N)=CNN1CCOCC1. The quantitative estimate of drug-likeness (QED) is 0.590. The van der Waals surface area contributed by atoms with Gasteiger partial charge in [-0.2, -0.15) is 10.5 Å². The van der Waals surface area contributed by atoms with Crippen molar-refractivity contribution in [1.82, 2.24) is 10.4 Å². The molecule has 1 fully saturated rings. The molecule has 0 atom stereocenters. The van der Waals surface area contributed by atoms with Gasteiger partial charge in [0.05, 0.1) is 13.2 Å². The van der Waals surface area contributed by atoms with Gasteiger partial charge >= 0.3 is 0 Å². The summed E-state index contributed by atoms with van der Waals surface area (Å²) in [4.78, 5) is 0. The molecule has 1 aliphatic rings. The van der Waals surface area contributed by atoms with Crippen molar-refractivity contribution in [3.8, 4) is 12.1 Å². The van der Waals surface area contributed by atoms with Crippen LogP contribution < -0.4 is 5.43 Å². The highest BCUT2D eigenvalue weighted by Gasteiger charge is 2.07. The Kier molecular flexibility index (Phi) is 3.77. The van der Waals surface area contributed by atoms with E-state index in [1.165, 1.54) is 6.20 Å². The van der Waals surface area contributed by atoms with Gasteiger partial charge in [0.1, 0.15) is 17.7 Å². The molecule has 0 aliphatic carbocycles. The van der Waals surface area contributed by atoms with Crippen molar-refractivity contribution >= 4 is 0 Å². The Morgan fingerprint density at radius 3 is 2.46 bits per heavy atom. The largest absolute Gasteiger partial charge is 0.379 e. The summed E-state index contributed by atoms with van der Waals surface area (Å²) in [7, 11) is 0. The molecule has 5 heteroatoms. The van der Waals surface area contributed by atoms with E-state index in [9.17, 15) is 0 Å². The first-order valence-corrected chi connectivity index (χ1v) is 3.96. The molecule has 1 heterocycles. The van der Waals surface area contributed by atoms with Gasteiger partial charge in [-0.15, -0.1) is 0 Å². The fraction of sp³-hybridized carbons (Fsp3) is 0.500. The van der Waals surface area contributed by atoms with Gasteiger partial charge < -0.3 is 10.2 Å². The minimum Gasteiger partial charge on any atom is -0.379 e. The number of ether oxygens (including phenoxy) is 1. The molecule has 13 heavy (non-hydrogen) atoms. The molecule has 5 nitrogen and oxygen atoms in total. The van der Waals surface area contributed by atoms with Crippen LogP contribution in [0.2, 0.25) is 0 Å². The molecule has 0 spiro atoms. The highest BCUT2D eigenvalue weighted by molar-refractivity contribution is 5.34. The maximum absolute atomic E-state index is 8.43. The second kappa shape index (κ2) is 5.15. The van der Waals surface area contributed by atoms with Crippen molar-refractivity contribution in [2.75, 3.05) is 26.3 Å². The second-order valence-electron chi connectivity index (χ2n) is 2.51. The first-order valence-electron chi connectivity index (χ1n) is 3.96. The maximum atomic E-state index is 8.43. The lowest BCUT2D eigenvalue weighted by molar-refractivity contribution is 0.0209. The maximum Gasteiger partial charge on any atom is 0.146 e. The number of hydrazine groups is 1. The molecule has 0 bridgehead atoms. The Labute approximate surface area is 76.8 Å². The molecular weight excluding hydrogens is 168 g/mol. The van der Waals surface area contributed by atoms with Gasteiger partial charge in [0.2, 0.25) is 0 Å². The third-order valence-corrected chi connectivity index (χ3v) is 1.64. The van der Waals surface area contributed by atoms with E-state index >= 15 is 0 Å². The van der Waals surface area contributed by atoms with Crippen LogP contribution in [0.1, 0.15) is 0 Å². The number of nitrogens with zero attached hydrogens (tertiary/aromatic N) is 3. The Balaban J connectivity index is 2.37. The predicted octanol–water partition coefficient (Wildman–Crippen LogP) is -0.246. The van der Waals surface area contributed by atoms with Crippen molar-refractivity contribution in [2.24, 2.45) is 0 Å². The summed E-state index contributed by atoms with van der Waals surface area (Å²) in [6, 6.07) is 3.54. The molecule has 1 saturated heterocycles. The van der Waals surface area contributed by atoms with Gasteiger partial charge in [-0.05, 0) is 0 Å². The average Bonchev–Trinajstić information content (AvgIpc) is 2.21. The van der Waals surface area contributed by atoms with Gasteiger partial charge in [0.15, 0.2) is 0 Å². The average molecular weight is 178 g/mol. The Morgan fingerprint density at radius 1 is 1.31 bits per heavy atom. The van der Waals surface area contributed by atoms with Crippen LogP contribution in [0.15, 0.2) is 11.8 Å². The summed E-state index contributed by atoms with van der Waals surface area (Å²) in [6.45, 7) is 2.88. The molecule has 0 aromatic heterocycles. The summed E-state index contributed by atoms with van der Waals surface area (Å²) < 4.78 is 5.13. The number of nitrogens with one attached hydrogen (secondary N) is 1. The summed E-state index contributed by atoms with van der Waals surface area (Å²) in [5.74, 6) is 0. The van der Waals surface area contributed by atoms with Gasteiger partial charge in [0, 0.05) is 19.3 Å². The third-order valence-electron chi connectivity index (χ3n) is 1.64.